The van der Waals surface area contributed by atoms with Crippen LogP contribution in [0.5, 0.6) is 0 Å². The zero-order valence-electron chi connectivity index (χ0n) is 8.28. The molecule has 0 saturated heterocycles. The Morgan fingerprint density at radius 2 is 2.00 bits per heavy atom. The summed E-state index contributed by atoms with van der Waals surface area (Å²) < 4.78 is 0. The molecule has 0 radical (unpaired) electrons. The van der Waals surface area contributed by atoms with Crippen molar-refractivity contribution in [3.63, 3.8) is 0 Å². The lowest BCUT2D eigenvalue weighted by molar-refractivity contribution is 0.646. The fourth-order valence-electron chi connectivity index (χ4n) is 1.49. The van der Waals surface area contributed by atoms with Crippen LogP contribution < -0.4 is 11.3 Å². The number of hydrogen-bond acceptors (Lipinski definition) is 3. The molecule has 16 heavy (non-hydrogen) atoms. The molecule has 0 aliphatic heterocycles. The molecule has 0 bridgehead atoms. The minimum atomic E-state index is -0.0465. The third-order valence-electron chi connectivity index (χ3n) is 2.27. The van der Waals surface area contributed by atoms with Gasteiger partial charge < -0.3 is 0 Å². The van der Waals surface area contributed by atoms with E-state index in [9.17, 15) is 0 Å². The van der Waals surface area contributed by atoms with Gasteiger partial charge in [-0.2, -0.15) is 0 Å². The van der Waals surface area contributed by atoms with E-state index in [2.05, 4.69) is 5.43 Å². The van der Waals surface area contributed by atoms with Crippen LogP contribution in [0, 0.1) is 0 Å². The predicted molar refractivity (Wildman–Crippen MR) is 69.9 cm³/mol. The number of hydrogen-bond donors (Lipinski definition) is 2. The van der Waals surface area contributed by atoms with Crippen LogP contribution in [-0.2, 0) is 0 Å². The number of rotatable bonds is 3. The van der Waals surface area contributed by atoms with Gasteiger partial charge in [0.2, 0.25) is 0 Å². The first kappa shape index (κ1) is 11.9. The number of thiophene rings is 1. The van der Waals surface area contributed by atoms with Gasteiger partial charge in [-0.1, -0.05) is 35.3 Å². The molecule has 84 valence electrons. The topological polar surface area (TPSA) is 38.0 Å². The average Bonchev–Trinajstić information content (AvgIpc) is 2.78. The molecule has 0 amide bonds. The maximum Gasteiger partial charge on any atom is 0.0803 e. The van der Waals surface area contributed by atoms with E-state index in [1.807, 2.05) is 29.6 Å². The number of benzene rings is 1. The molecule has 1 unspecified atom stereocenters. The van der Waals surface area contributed by atoms with Crippen LogP contribution in [0.1, 0.15) is 16.5 Å². The van der Waals surface area contributed by atoms with Gasteiger partial charge in [-0.25, -0.2) is 5.43 Å². The first-order chi connectivity index (χ1) is 7.72. The quantitative estimate of drug-likeness (QED) is 0.662. The van der Waals surface area contributed by atoms with Crippen LogP contribution in [0.15, 0.2) is 35.7 Å². The maximum absolute atomic E-state index is 5.98. The van der Waals surface area contributed by atoms with Crippen molar-refractivity contribution in [3.05, 3.63) is 56.2 Å². The fraction of sp³-hybridized carbons (Fsp3) is 0.0909. The minimum absolute atomic E-state index is 0.0465. The Bertz CT molecular complexity index is 471. The summed E-state index contributed by atoms with van der Waals surface area (Å²) in [6, 6.07) is 9.48. The van der Waals surface area contributed by atoms with Gasteiger partial charge in [-0.15, -0.1) is 11.3 Å². The first-order valence-electron chi connectivity index (χ1n) is 4.67. The average molecular weight is 273 g/mol. The molecule has 2 nitrogen and oxygen atoms in total. The lowest BCUT2D eigenvalue weighted by Gasteiger charge is -2.15. The lowest BCUT2D eigenvalue weighted by Crippen LogP contribution is -2.28. The molecule has 0 spiro atoms. The second-order valence-corrected chi connectivity index (χ2v) is 5.08. The maximum atomic E-state index is 5.98. The number of nitrogens with one attached hydrogen (secondary N) is 1. The number of nitrogens with two attached hydrogens (primary N) is 1. The zero-order chi connectivity index (χ0) is 11.5. The van der Waals surface area contributed by atoms with Crippen molar-refractivity contribution in [2.24, 2.45) is 5.84 Å². The molecule has 1 atom stereocenters. The van der Waals surface area contributed by atoms with Gasteiger partial charge in [-0.05, 0) is 29.1 Å². The molecule has 1 heterocycles. The highest BCUT2D eigenvalue weighted by molar-refractivity contribution is 7.10. The van der Waals surface area contributed by atoms with Crippen molar-refractivity contribution in [2.45, 2.75) is 6.04 Å². The zero-order valence-corrected chi connectivity index (χ0v) is 10.6. The summed E-state index contributed by atoms with van der Waals surface area (Å²) in [5.41, 5.74) is 3.78. The Hall–Kier alpha value is -0.580. The minimum Gasteiger partial charge on any atom is -0.271 e. The Kier molecular flexibility index (Phi) is 3.84. The van der Waals surface area contributed by atoms with Crippen LogP contribution in [0.3, 0.4) is 0 Å². The predicted octanol–water partition coefficient (Wildman–Crippen LogP) is 3.61. The van der Waals surface area contributed by atoms with Crippen LogP contribution in [0.25, 0.3) is 0 Å². The van der Waals surface area contributed by atoms with E-state index in [0.717, 1.165) is 10.4 Å². The van der Waals surface area contributed by atoms with Gasteiger partial charge in [-0.3, -0.25) is 5.84 Å². The standard InChI is InChI=1S/C11H10Cl2N2S/c12-8-4-3-7(6-9(8)13)11(15-14)10-2-1-5-16-10/h1-6,11,15H,14H2. The SMILES string of the molecule is NNC(c1ccc(Cl)c(Cl)c1)c1cccs1. The number of halogens is 2. The van der Waals surface area contributed by atoms with Crippen molar-refractivity contribution in [1.29, 1.82) is 0 Å². The van der Waals surface area contributed by atoms with Crippen LogP contribution in [0.4, 0.5) is 0 Å². The van der Waals surface area contributed by atoms with Gasteiger partial charge >= 0.3 is 0 Å². The second kappa shape index (κ2) is 5.17. The summed E-state index contributed by atoms with van der Waals surface area (Å²) in [6.07, 6.45) is 0. The van der Waals surface area contributed by atoms with Crippen LogP contribution in [-0.4, -0.2) is 0 Å². The van der Waals surface area contributed by atoms with Crippen molar-refractivity contribution in [3.8, 4) is 0 Å². The van der Waals surface area contributed by atoms with Crippen molar-refractivity contribution in [2.75, 3.05) is 0 Å². The summed E-state index contributed by atoms with van der Waals surface area (Å²) in [7, 11) is 0. The summed E-state index contributed by atoms with van der Waals surface area (Å²) in [5, 5.41) is 3.10. The van der Waals surface area contributed by atoms with E-state index in [0.29, 0.717) is 10.0 Å². The Labute approximate surface area is 108 Å². The lowest BCUT2D eigenvalue weighted by atomic mass is 10.1. The van der Waals surface area contributed by atoms with E-state index in [-0.39, 0.29) is 6.04 Å². The number of hydrazine groups is 1. The molecule has 0 saturated carbocycles. The monoisotopic (exact) mass is 272 g/mol. The Morgan fingerprint density at radius 1 is 1.19 bits per heavy atom. The molecule has 0 aliphatic carbocycles. The molecule has 0 aliphatic rings. The molecule has 1 aromatic carbocycles. The van der Waals surface area contributed by atoms with E-state index in [4.69, 9.17) is 29.0 Å². The second-order valence-electron chi connectivity index (χ2n) is 3.29. The largest absolute Gasteiger partial charge is 0.271 e. The first-order valence-corrected chi connectivity index (χ1v) is 6.30. The third-order valence-corrected chi connectivity index (χ3v) is 3.95. The molecule has 1 aromatic heterocycles. The van der Waals surface area contributed by atoms with E-state index in [1.165, 1.54) is 0 Å². The molecule has 2 aromatic rings. The molecular formula is C11H10Cl2N2S. The molecule has 2 rings (SSSR count). The van der Waals surface area contributed by atoms with E-state index in [1.54, 1.807) is 17.4 Å². The summed E-state index contributed by atoms with van der Waals surface area (Å²) >= 11 is 13.5. The van der Waals surface area contributed by atoms with Gasteiger partial charge in [0, 0.05) is 4.88 Å². The van der Waals surface area contributed by atoms with Crippen molar-refractivity contribution in [1.82, 2.24) is 5.43 Å². The van der Waals surface area contributed by atoms with Gasteiger partial charge in [0.15, 0.2) is 0 Å². The smallest absolute Gasteiger partial charge is 0.0803 e. The molecular weight excluding hydrogens is 263 g/mol. The fourth-order valence-corrected chi connectivity index (χ4v) is 2.61. The Morgan fingerprint density at radius 3 is 2.56 bits per heavy atom. The summed E-state index contributed by atoms with van der Waals surface area (Å²) in [5.74, 6) is 5.56. The van der Waals surface area contributed by atoms with Crippen LogP contribution >= 0.6 is 34.5 Å². The highest BCUT2D eigenvalue weighted by atomic mass is 35.5. The van der Waals surface area contributed by atoms with E-state index >= 15 is 0 Å². The molecule has 3 N–H and O–H groups in total. The van der Waals surface area contributed by atoms with Gasteiger partial charge in [0.25, 0.3) is 0 Å². The van der Waals surface area contributed by atoms with E-state index < -0.39 is 0 Å². The third kappa shape index (κ3) is 2.39. The summed E-state index contributed by atoms with van der Waals surface area (Å²) in [6.45, 7) is 0. The van der Waals surface area contributed by atoms with Crippen molar-refractivity contribution >= 4 is 34.5 Å². The molecule has 5 heteroatoms. The van der Waals surface area contributed by atoms with Gasteiger partial charge in [0.1, 0.15) is 0 Å². The highest BCUT2D eigenvalue weighted by Crippen LogP contribution is 2.30. The Balaban J connectivity index is 2.37. The normalized spacial score (nSPS) is 12.7. The highest BCUT2D eigenvalue weighted by Gasteiger charge is 2.14. The van der Waals surface area contributed by atoms with Crippen LogP contribution in [0.2, 0.25) is 10.0 Å². The van der Waals surface area contributed by atoms with Crippen molar-refractivity contribution < 1.29 is 0 Å². The molecule has 0 fully saturated rings. The van der Waals surface area contributed by atoms with Gasteiger partial charge in [0.05, 0.1) is 16.1 Å². The summed E-state index contributed by atoms with van der Waals surface area (Å²) in [4.78, 5) is 1.14.